The van der Waals surface area contributed by atoms with Crippen molar-refractivity contribution in [3.63, 3.8) is 0 Å². The highest BCUT2D eigenvalue weighted by molar-refractivity contribution is 6.31. The van der Waals surface area contributed by atoms with Crippen molar-refractivity contribution in [3.05, 3.63) is 59.3 Å². The molecule has 4 heterocycles. The first-order chi connectivity index (χ1) is 17.6. The summed E-state index contributed by atoms with van der Waals surface area (Å²) in [5.74, 6) is -0.160. The SMILES string of the molecule is Fc1cnc(N=NCc2ccc(Nc3cc(Cl)cc(N4CCCCN4)c3)cn2)nc1N1CCOCC1. The van der Waals surface area contributed by atoms with E-state index in [1.165, 1.54) is 6.42 Å². The molecule has 5 rings (SSSR count). The van der Waals surface area contributed by atoms with Crippen molar-refractivity contribution in [2.75, 3.05) is 54.6 Å². The van der Waals surface area contributed by atoms with Gasteiger partial charge in [0.1, 0.15) is 6.54 Å². The topological polar surface area (TPSA) is 103 Å². The Morgan fingerprint density at radius 3 is 2.72 bits per heavy atom. The number of benzene rings is 1. The van der Waals surface area contributed by atoms with E-state index in [1.54, 1.807) is 6.20 Å². The van der Waals surface area contributed by atoms with E-state index in [4.69, 9.17) is 16.3 Å². The van der Waals surface area contributed by atoms with Gasteiger partial charge in [-0.2, -0.15) is 10.1 Å². The van der Waals surface area contributed by atoms with Crippen LogP contribution in [0.2, 0.25) is 5.02 Å². The van der Waals surface area contributed by atoms with Gasteiger partial charge in [-0.3, -0.25) is 4.98 Å². The number of morpholine rings is 1. The molecule has 188 valence electrons. The maximum Gasteiger partial charge on any atom is 0.270 e. The first kappa shape index (κ1) is 24.3. The minimum Gasteiger partial charge on any atom is -0.378 e. The number of aromatic nitrogens is 3. The van der Waals surface area contributed by atoms with E-state index in [1.807, 2.05) is 29.2 Å². The molecule has 0 unspecified atom stereocenters. The van der Waals surface area contributed by atoms with Gasteiger partial charge in [0.05, 0.1) is 42.7 Å². The first-order valence-electron chi connectivity index (χ1n) is 11.9. The third-order valence-electron chi connectivity index (χ3n) is 5.84. The van der Waals surface area contributed by atoms with Gasteiger partial charge in [0.25, 0.3) is 5.95 Å². The molecule has 0 spiro atoms. The Hall–Kier alpha value is -3.41. The summed E-state index contributed by atoms with van der Waals surface area (Å²) in [7, 11) is 0. The van der Waals surface area contributed by atoms with E-state index in [9.17, 15) is 4.39 Å². The number of hydrogen-bond donors (Lipinski definition) is 2. The maximum absolute atomic E-state index is 14.2. The van der Waals surface area contributed by atoms with Crippen molar-refractivity contribution in [2.45, 2.75) is 19.4 Å². The van der Waals surface area contributed by atoms with E-state index < -0.39 is 5.82 Å². The van der Waals surface area contributed by atoms with Crippen LogP contribution < -0.4 is 20.7 Å². The number of hydrazine groups is 1. The van der Waals surface area contributed by atoms with Gasteiger partial charge in [0.2, 0.25) is 0 Å². The fourth-order valence-corrected chi connectivity index (χ4v) is 4.26. The lowest BCUT2D eigenvalue weighted by molar-refractivity contribution is 0.122. The van der Waals surface area contributed by atoms with Gasteiger partial charge < -0.3 is 20.0 Å². The fraction of sp³-hybridized carbons (Fsp3) is 0.375. The number of nitrogens with zero attached hydrogens (tertiary/aromatic N) is 7. The maximum atomic E-state index is 14.2. The Morgan fingerprint density at radius 1 is 1.06 bits per heavy atom. The number of hydrogen-bond acceptors (Lipinski definition) is 10. The number of nitrogens with one attached hydrogen (secondary N) is 2. The van der Waals surface area contributed by atoms with E-state index in [-0.39, 0.29) is 18.3 Å². The van der Waals surface area contributed by atoms with Gasteiger partial charge >= 0.3 is 0 Å². The summed E-state index contributed by atoms with van der Waals surface area (Å²) in [5, 5.41) is 14.3. The van der Waals surface area contributed by atoms with E-state index in [0.29, 0.717) is 31.3 Å². The molecule has 0 aliphatic carbocycles. The third kappa shape index (κ3) is 6.23. The molecule has 2 saturated heterocycles. The van der Waals surface area contributed by atoms with Crippen LogP contribution in [0.3, 0.4) is 0 Å². The number of halogens is 2. The van der Waals surface area contributed by atoms with Crippen LogP contribution in [0.1, 0.15) is 18.5 Å². The molecule has 2 fully saturated rings. The molecule has 0 radical (unpaired) electrons. The molecular formula is C24H27ClFN9O. The fourth-order valence-electron chi connectivity index (χ4n) is 4.03. The molecule has 3 aromatic rings. The smallest absolute Gasteiger partial charge is 0.270 e. The number of azo groups is 1. The zero-order valence-corrected chi connectivity index (χ0v) is 20.5. The monoisotopic (exact) mass is 511 g/mol. The van der Waals surface area contributed by atoms with Gasteiger partial charge in [-0.05, 0) is 43.2 Å². The second-order valence-electron chi connectivity index (χ2n) is 8.47. The van der Waals surface area contributed by atoms with Crippen LogP contribution in [0.5, 0.6) is 0 Å². The van der Waals surface area contributed by atoms with Crippen LogP contribution in [0.4, 0.5) is 33.2 Å². The molecular weight excluding hydrogens is 485 g/mol. The Bertz CT molecular complexity index is 1200. The molecule has 2 aliphatic rings. The normalized spacial score (nSPS) is 16.5. The molecule has 2 aromatic heterocycles. The van der Waals surface area contributed by atoms with Gasteiger partial charge in [0.15, 0.2) is 11.6 Å². The molecule has 0 bridgehead atoms. The average Bonchev–Trinajstić information content (AvgIpc) is 2.91. The molecule has 0 saturated carbocycles. The molecule has 0 amide bonds. The second kappa shape index (κ2) is 11.5. The van der Waals surface area contributed by atoms with Crippen molar-refractivity contribution in [1.29, 1.82) is 0 Å². The van der Waals surface area contributed by atoms with Crippen molar-refractivity contribution in [1.82, 2.24) is 20.4 Å². The van der Waals surface area contributed by atoms with Gasteiger partial charge in [0, 0.05) is 36.9 Å². The lowest BCUT2D eigenvalue weighted by Crippen LogP contribution is -2.43. The highest BCUT2D eigenvalue weighted by Crippen LogP contribution is 2.28. The number of anilines is 4. The highest BCUT2D eigenvalue weighted by Gasteiger charge is 2.18. The van der Waals surface area contributed by atoms with Gasteiger partial charge in [-0.15, -0.1) is 5.11 Å². The predicted octanol–water partition coefficient (Wildman–Crippen LogP) is 4.63. The summed E-state index contributed by atoms with van der Waals surface area (Å²) in [6, 6.07) is 9.67. The van der Waals surface area contributed by atoms with Gasteiger partial charge in [-0.25, -0.2) is 14.8 Å². The predicted molar refractivity (Wildman–Crippen MR) is 137 cm³/mol. The summed E-state index contributed by atoms with van der Waals surface area (Å²) in [6.07, 6.45) is 5.17. The third-order valence-corrected chi connectivity index (χ3v) is 6.05. The molecule has 10 nitrogen and oxygen atoms in total. The van der Waals surface area contributed by atoms with Crippen molar-refractivity contribution >= 4 is 40.4 Å². The van der Waals surface area contributed by atoms with Crippen LogP contribution >= 0.6 is 11.6 Å². The molecule has 12 heteroatoms. The van der Waals surface area contributed by atoms with E-state index >= 15 is 0 Å². The molecule has 2 aliphatic heterocycles. The highest BCUT2D eigenvalue weighted by atomic mass is 35.5. The summed E-state index contributed by atoms with van der Waals surface area (Å²) in [6.45, 7) is 4.36. The van der Waals surface area contributed by atoms with Crippen molar-refractivity contribution < 1.29 is 9.13 Å². The largest absolute Gasteiger partial charge is 0.378 e. The summed E-state index contributed by atoms with van der Waals surface area (Å²) < 4.78 is 19.5. The van der Waals surface area contributed by atoms with Crippen LogP contribution in [-0.4, -0.2) is 54.3 Å². The lowest BCUT2D eigenvalue weighted by atomic mass is 10.2. The van der Waals surface area contributed by atoms with Crippen molar-refractivity contribution in [3.8, 4) is 0 Å². The Balaban J connectivity index is 1.20. The van der Waals surface area contributed by atoms with E-state index in [2.05, 4.69) is 47.0 Å². The van der Waals surface area contributed by atoms with Crippen LogP contribution in [0.25, 0.3) is 0 Å². The number of ether oxygens (including phenoxy) is 1. The molecule has 1 aromatic carbocycles. The standard InChI is InChI=1S/C24H27ClFN9O/c25-17-11-20(13-21(12-17)35-6-2-1-5-30-35)31-19-4-3-18(27-14-19)15-29-33-24-28-16-22(26)23(32-24)34-7-9-36-10-8-34/h3-4,11-14,16,30-31H,1-2,5-10,15H2. The van der Waals surface area contributed by atoms with Crippen LogP contribution in [0.15, 0.2) is 53.0 Å². The van der Waals surface area contributed by atoms with Gasteiger partial charge in [-0.1, -0.05) is 11.6 Å². The minimum absolute atomic E-state index is 0.108. The van der Waals surface area contributed by atoms with Crippen molar-refractivity contribution in [2.24, 2.45) is 10.2 Å². The lowest BCUT2D eigenvalue weighted by Gasteiger charge is -2.30. The molecule has 36 heavy (non-hydrogen) atoms. The molecule has 2 N–H and O–H groups in total. The summed E-state index contributed by atoms with van der Waals surface area (Å²) >= 11 is 6.36. The van der Waals surface area contributed by atoms with E-state index in [0.717, 1.165) is 48.5 Å². The number of rotatable bonds is 7. The first-order valence-corrected chi connectivity index (χ1v) is 12.3. The van der Waals surface area contributed by atoms with Crippen LogP contribution in [0, 0.1) is 5.82 Å². The summed E-state index contributed by atoms with van der Waals surface area (Å²) in [5.41, 5.74) is 6.85. The zero-order chi connectivity index (χ0) is 24.7. The number of pyridine rings is 1. The molecule has 0 atom stereocenters. The summed E-state index contributed by atoms with van der Waals surface area (Å²) in [4.78, 5) is 14.4. The minimum atomic E-state index is -0.486. The average molecular weight is 512 g/mol. The quantitative estimate of drug-likeness (QED) is 0.442. The second-order valence-corrected chi connectivity index (χ2v) is 8.91. The Morgan fingerprint density at radius 2 is 1.94 bits per heavy atom. The Labute approximate surface area is 213 Å². The van der Waals surface area contributed by atoms with Crippen LogP contribution in [-0.2, 0) is 11.3 Å². The Kier molecular flexibility index (Phi) is 7.79. The zero-order valence-electron chi connectivity index (χ0n) is 19.7.